The molecule has 0 radical (unpaired) electrons. The summed E-state index contributed by atoms with van der Waals surface area (Å²) in [5.41, 5.74) is 2.60. The molecule has 3 heteroatoms. The Bertz CT molecular complexity index is 527. The van der Waals surface area contributed by atoms with Gasteiger partial charge in [0.1, 0.15) is 0 Å². The number of hydrogen-bond donors (Lipinski definition) is 0. The molecule has 0 aliphatic rings. The molecule has 1 aromatic carbocycles. The van der Waals surface area contributed by atoms with Crippen molar-refractivity contribution >= 4 is 17.4 Å². The van der Waals surface area contributed by atoms with Crippen LogP contribution in [0.5, 0.6) is 0 Å². The lowest BCUT2D eigenvalue weighted by Gasteiger charge is -2.05. The molecule has 0 spiro atoms. The molecule has 1 aromatic heterocycles. The summed E-state index contributed by atoms with van der Waals surface area (Å²) in [6, 6.07) is 6.91. The van der Waals surface area contributed by atoms with E-state index in [1.807, 2.05) is 13.8 Å². The first-order chi connectivity index (χ1) is 7.59. The molecule has 0 saturated heterocycles. The number of aryl methyl sites for hydroxylation is 2. The van der Waals surface area contributed by atoms with Crippen LogP contribution >= 0.6 is 11.6 Å². The highest BCUT2D eigenvalue weighted by Gasteiger charge is 2.16. The van der Waals surface area contributed by atoms with E-state index in [0.29, 0.717) is 16.3 Å². The van der Waals surface area contributed by atoms with E-state index in [-0.39, 0.29) is 5.78 Å². The van der Waals surface area contributed by atoms with Crippen LogP contribution in [-0.4, -0.2) is 5.78 Å². The Morgan fingerprint density at radius 2 is 1.94 bits per heavy atom. The Morgan fingerprint density at radius 3 is 2.56 bits per heavy atom. The maximum absolute atomic E-state index is 12.0. The van der Waals surface area contributed by atoms with E-state index in [1.165, 1.54) is 6.26 Å². The normalized spacial score (nSPS) is 10.4. The van der Waals surface area contributed by atoms with Gasteiger partial charge in [-0.25, -0.2) is 0 Å². The van der Waals surface area contributed by atoms with Crippen LogP contribution in [0.2, 0.25) is 5.02 Å². The number of benzene rings is 1. The average Bonchev–Trinajstić information content (AvgIpc) is 2.75. The van der Waals surface area contributed by atoms with Gasteiger partial charge in [-0.05, 0) is 49.2 Å². The van der Waals surface area contributed by atoms with Gasteiger partial charge in [0, 0.05) is 5.56 Å². The maximum Gasteiger partial charge on any atom is 0.229 e. The zero-order valence-electron chi connectivity index (χ0n) is 9.08. The van der Waals surface area contributed by atoms with Gasteiger partial charge in [-0.15, -0.1) is 0 Å². The number of halogens is 1. The molecule has 16 heavy (non-hydrogen) atoms. The summed E-state index contributed by atoms with van der Waals surface area (Å²) in [4.78, 5) is 12.0. The van der Waals surface area contributed by atoms with Crippen LogP contribution in [0.4, 0.5) is 0 Å². The van der Waals surface area contributed by atoms with E-state index in [0.717, 1.165) is 11.1 Å². The lowest BCUT2D eigenvalue weighted by Crippen LogP contribution is -2.02. The van der Waals surface area contributed by atoms with Gasteiger partial charge in [-0.2, -0.15) is 0 Å². The highest BCUT2D eigenvalue weighted by atomic mass is 35.5. The van der Waals surface area contributed by atoms with Crippen molar-refractivity contribution in [2.75, 3.05) is 0 Å². The van der Waals surface area contributed by atoms with Crippen molar-refractivity contribution in [1.82, 2.24) is 0 Å². The van der Waals surface area contributed by atoms with E-state index in [4.69, 9.17) is 16.0 Å². The third-order valence-electron chi connectivity index (χ3n) is 2.57. The molecule has 0 fully saturated rings. The van der Waals surface area contributed by atoms with Crippen LogP contribution in [-0.2, 0) is 0 Å². The van der Waals surface area contributed by atoms with Gasteiger partial charge >= 0.3 is 0 Å². The van der Waals surface area contributed by atoms with E-state index in [1.54, 1.807) is 24.3 Å². The fourth-order valence-corrected chi connectivity index (χ4v) is 1.80. The van der Waals surface area contributed by atoms with Crippen LogP contribution in [0.25, 0.3) is 0 Å². The molecule has 0 unspecified atom stereocenters. The zero-order chi connectivity index (χ0) is 11.7. The molecule has 0 amide bonds. The monoisotopic (exact) mass is 234 g/mol. The fourth-order valence-electron chi connectivity index (χ4n) is 1.50. The number of carbonyl (C=O) groups is 1. The number of hydrogen-bond acceptors (Lipinski definition) is 2. The molecule has 0 aliphatic heterocycles. The smallest absolute Gasteiger partial charge is 0.229 e. The van der Waals surface area contributed by atoms with Crippen LogP contribution in [0.3, 0.4) is 0 Å². The van der Waals surface area contributed by atoms with Gasteiger partial charge in [0.25, 0.3) is 0 Å². The third kappa shape index (κ3) is 1.89. The minimum atomic E-state index is -0.182. The molecule has 0 atom stereocenters. The minimum absolute atomic E-state index is 0.182. The molecule has 2 aromatic rings. The SMILES string of the molecule is Cc1cc(Cl)c(C(=O)c2ccco2)cc1C. The zero-order valence-corrected chi connectivity index (χ0v) is 9.84. The molecule has 0 bridgehead atoms. The second kappa shape index (κ2) is 4.14. The Balaban J connectivity index is 2.49. The predicted octanol–water partition coefficient (Wildman–Crippen LogP) is 3.78. The largest absolute Gasteiger partial charge is 0.461 e. The molecule has 0 aliphatic carbocycles. The molecule has 82 valence electrons. The highest BCUT2D eigenvalue weighted by Crippen LogP contribution is 2.23. The molecule has 1 heterocycles. The first-order valence-corrected chi connectivity index (χ1v) is 5.32. The Kier molecular flexibility index (Phi) is 2.84. The average molecular weight is 235 g/mol. The van der Waals surface area contributed by atoms with Gasteiger partial charge in [-0.1, -0.05) is 11.6 Å². The van der Waals surface area contributed by atoms with E-state index >= 15 is 0 Å². The third-order valence-corrected chi connectivity index (χ3v) is 2.89. The first kappa shape index (κ1) is 11.0. The first-order valence-electron chi connectivity index (χ1n) is 4.94. The second-order valence-electron chi connectivity index (χ2n) is 3.72. The van der Waals surface area contributed by atoms with Gasteiger partial charge < -0.3 is 4.42 Å². The minimum Gasteiger partial charge on any atom is -0.461 e. The van der Waals surface area contributed by atoms with Crippen molar-refractivity contribution in [2.45, 2.75) is 13.8 Å². The van der Waals surface area contributed by atoms with Gasteiger partial charge in [-0.3, -0.25) is 4.79 Å². The molecule has 2 nitrogen and oxygen atoms in total. The molecule has 0 N–H and O–H groups in total. The summed E-state index contributed by atoms with van der Waals surface area (Å²) in [5, 5.41) is 0.463. The van der Waals surface area contributed by atoms with E-state index < -0.39 is 0 Å². The van der Waals surface area contributed by atoms with E-state index in [2.05, 4.69) is 0 Å². The number of carbonyl (C=O) groups excluding carboxylic acids is 1. The van der Waals surface area contributed by atoms with Crippen LogP contribution in [0, 0.1) is 13.8 Å². The van der Waals surface area contributed by atoms with Crippen molar-refractivity contribution in [3.05, 3.63) is 58.0 Å². The quantitative estimate of drug-likeness (QED) is 0.741. The number of rotatable bonds is 2. The molecular formula is C13H11ClO2. The van der Waals surface area contributed by atoms with Gasteiger partial charge in [0.15, 0.2) is 5.76 Å². The topological polar surface area (TPSA) is 30.2 Å². The summed E-state index contributed by atoms with van der Waals surface area (Å²) in [6.07, 6.45) is 1.47. The Labute approximate surface area is 98.8 Å². The molecular weight excluding hydrogens is 224 g/mol. The highest BCUT2D eigenvalue weighted by molar-refractivity contribution is 6.34. The van der Waals surface area contributed by atoms with Crippen LogP contribution < -0.4 is 0 Å². The second-order valence-corrected chi connectivity index (χ2v) is 4.13. The summed E-state index contributed by atoms with van der Waals surface area (Å²) >= 11 is 6.05. The molecule has 2 rings (SSSR count). The van der Waals surface area contributed by atoms with Crippen LogP contribution in [0.1, 0.15) is 27.2 Å². The van der Waals surface area contributed by atoms with E-state index in [9.17, 15) is 4.79 Å². The van der Waals surface area contributed by atoms with Crippen molar-refractivity contribution in [2.24, 2.45) is 0 Å². The standard InChI is InChI=1S/C13H11ClO2/c1-8-6-10(11(14)7-9(8)2)13(15)12-4-3-5-16-12/h3-7H,1-2H3. The number of ketones is 1. The van der Waals surface area contributed by atoms with Gasteiger partial charge in [0.05, 0.1) is 11.3 Å². The van der Waals surface area contributed by atoms with Crippen molar-refractivity contribution in [3.63, 3.8) is 0 Å². The predicted molar refractivity (Wildman–Crippen MR) is 63.1 cm³/mol. The maximum atomic E-state index is 12.0. The summed E-state index contributed by atoms with van der Waals surface area (Å²) in [6.45, 7) is 3.91. The Morgan fingerprint density at radius 1 is 1.25 bits per heavy atom. The van der Waals surface area contributed by atoms with Crippen LogP contribution in [0.15, 0.2) is 34.9 Å². The Hall–Kier alpha value is -1.54. The van der Waals surface area contributed by atoms with Crippen molar-refractivity contribution < 1.29 is 9.21 Å². The lowest BCUT2D eigenvalue weighted by atomic mass is 10.0. The van der Waals surface area contributed by atoms with Crippen molar-refractivity contribution in [3.8, 4) is 0 Å². The summed E-state index contributed by atoms with van der Waals surface area (Å²) in [5.74, 6) is 0.128. The fraction of sp³-hybridized carbons (Fsp3) is 0.154. The number of furan rings is 1. The molecule has 0 saturated carbocycles. The van der Waals surface area contributed by atoms with Gasteiger partial charge in [0.2, 0.25) is 5.78 Å². The summed E-state index contributed by atoms with van der Waals surface area (Å²) < 4.78 is 5.07. The van der Waals surface area contributed by atoms with Crippen molar-refractivity contribution in [1.29, 1.82) is 0 Å². The lowest BCUT2D eigenvalue weighted by molar-refractivity contribution is 0.101. The summed E-state index contributed by atoms with van der Waals surface area (Å²) in [7, 11) is 0.